The van der Waals surface area contributed by atoms with Crippen molar-refractivity contribution in [2.45, 2.75) is 20.1 Å². The number of ether oxygens (including phenoxy) is 3. The molecule has 0 saturated carbocycles. The zero-order valence-electron chi connectivity index (χ0n) is 15.0. The standard InChI is InChI=1S/C19H17FN4O3S/c1-2-25-15-5-3-4-6-16(15)27-12-18-23-24-17(21-22-19(24)28-18)11-26-14-9-7-13(20)8-10-14/h3-10H,2,11-12H2,1H3. The monoisotopic (exact) mass is 400 g/mol. The van der Waals surface area contributed by atoms with Crippen LogP contribution in [-0.4, -0.2) is 26.4 Å². The second-order valence-corrected chi connectivity index (χ2v) is 6.76. The van der Waals surface area contributed by atoms with Crippen LogP contribution >= 0.6 is 11.3 Å². The number of halogens is 1. The fraction of sp³-hybridized carbons (Fsp3) is 0.211. The molecule has 2 aromatic carbocycles. The molecule has 0 saturated heterocycles. The Morgan fingerprint density at radius 3 is 2.43 bits per heavy atom. The number of hydrogen-bond acceptors (Lipinski definition) is 7. The minimum Gasteiger partial charge on any atom is -0.490 e. The minimum absolute atomic E-state index is 0.171. The van der Waals surface area contributed by atoms with Crippen molar-refractivity contribution in [2.75, 3.05) is 6.61 Å². The largest absolute Gasteiger partial charge is 0.490 e. The van der Waals surface area contributed by atoms with Crippen LogP contribution in [0.1, 0.15) is 17.8 Å². The Labute approximate surface area is 164 Å². The predicted molar refractivity (Wildman–Crippen MR) is 101 cm³/mol. The lowest BCUT2D eigenvalue weighted by Gasteiger charge is -2.10. The number of hydrogen-bond donors (Lipinski definition) is 0. The van der Waals surface area contributed by atoms with E-state index < -0.39 is 0 Å². The van der Waals surface area contributed by atoms with E-state index in [9.17, 15) is 4.39 Å². The Morgan fingerprint density at radius 2 is 1.68 bits per heavy atom. The SMILES string of the molecule is CCOc1ccccc1OCc1nn2c(COc3ccc(F)cc3)nnc2s1. The Morgan fingerprint density at radius 1 is 0.929 bits per heavy atom. The topological polar surface area (TPSA) is 70.8 Å². The Hall–Kier alpha value is -3.20. The summed E-state index contributed by atoms with van der Waals surface area (Å²) < 4.78 is 31.6. The second kappa shape index (κ2) is 8.22. The lowest BCUT2D eigenvalue weighted by Crippen LogP contribution is -2.04. The van der Waals surface area contributed by atoms with Crippen LogP contribution in [0.4, 0.5) is 4.39 Å². The van der Waals surface area contributed by atoms with Gasteiger partial charge in [0.05, 0.1) is 6.61 Å². The molecule has 144 valence electrons. The average Bonchev–Trinajstić information content (AvgIpc) is 3.28. The van der Waals surface area contributed by atoms with Crippen LogP contribution in [0.5, 0.6) is 17.2 Å². The van der Waals surface area contributed by atoms with Gasteiger partial charge in [0.1, 0.15) is 24.8 Å². The van der Waals surface area contributed by atoms with Gasteiger partial charge in [-0.3, -0.25) is 0 Å². The van der Waals surface area contributed by atoms with Crippen LogP contribution in [0.15, 0.2) is 48.5 Å². The summed E-state index contributed by atoms with van der Waals surface area (Å²) in [5.41, 5.74) is 0. The number of nitrogens with zero attached hydrogens (tertiary/aromatic N) is 4. The van der Waals surface area contributed by atoms with Gasteiger partial charge in [0.2, 0.25) is 4.96 Å². The third kappa shape index (κ3) is 4.04. The van der Waals surface area contributed by atoms with Gasteiger partial charge in [0, 0.05) is 0 Å². The van der Waals surface area contributed by atoms with Crippen molar-refractivity contribution in [3.8, 4) is 17.2 Å². The molecule has 0 amide bonds. The van der Waals surface area contributed by atoms with Crippen molar-refractivity contribution in [3.63, 3.8) is 0 Å². The molecule has 4 rings (SSSR count). The zero-order chi connectivity index (χ0) is 19.3. The van der Waals surface area contributed by atoms with E-state index in [-0.39, 0.29) is 19.0 Å². The van der Waals surface area contributed by atoms with E-state index in [1.54, 1.807) is 16.6 Å². The van der Waals surface area contributed by atoms with E-state index in [2.05, 4.69) is 15.3 Å². The maximum Gasteiger partial charge on any atom is 0.234 e. The summed E-state index contributed by atoms with van der Waals surface area (Å²) in [6.45, 7) is 2.95. The van der Waals surface area contributed by atoms with Gasteiger partial charge in [0.25, 0.3) is 0 Å². The second-order valence-electron chi connectivity index (χ2n) is 5.72. The van der Waals surface area contributed by atoms with Gasteiger partial charge < -0.3 is 14.2 Å². The molecule has 0 spiro atoms. The molecule has 0 unspecified atom stereocenters. The Balaban J connectivity index is 1.43. The number of fused-ring (bicyclic) bond motifs is 1. The number of benzene rings is 2. The molecule has 7 nitrogen and oxygen atoms in total. The van der Waals surface area contributed by atoms with Gasteiger partial charge in [-0.25, -0.2) is 4.39 Å². The molecular weight excluding hydrogens is 383 g/mol. The lowest BCUT2D eigenvalue weighted by atomic mass is 10.3. The first-order valence-electron chi connectivity index (χ1n) is 8.66. The molecule has 28 heavy (non-hydrogen) atoms. The maximum absolute atomic E-state index is 13.0. The van der Waals surface area contributed by atoms with Gasteiger partial charge >= 0.3 is 0 Å². The summed E-state index contributed by atoms with van der Waals surface area (Å²) in [6.07, 6.45) is 0. The van der Waals surface area contributed by atoms with Crippen molar-refractivity contribution in [1.82, 2.24) is 19.8 Å². The third-order valence-electron chi connectivity index (χ3n) is 3.78. The first-order chi connectivity index (χ1) is 13.7. The van der Waals surface area contributed by atoms with E-state index in [0.717, 1.165) is 5.01 Å². The molecule has 2 heterocycles. The van der Waals surface area contributed by atoms with Crippen LogP contribution in [0, 0.1) is 5.82 Å². The molecule has 0 N–H and O–H groups in total. The molecule has 0 atom stereocenters. The summed E-state index contributed by atoms with van der Waals surface area (Å²) in [5, 5.41) is 13.4. The molecule has 0 aliphatic heterocycles. The van der Waals surface area contributed by atoms with E-state index in [4.69, 9.17) is 14.2 Å². The Bertz CT molecular complexity index is 1060. The number of aromatic nitrogens is 4. The third-order valence-corrected chi connectivity index (χ3v) is 4.65. The van der Waals surface area contributed by atoms with E-state index >= 15 is 0 Å². The van der Waals surface area contributed by atoms with Gasteiger partial charge in [-0.15, -0.1) is 10.2 Å². The van der Waals surface area contributed by atoms with Gasteiger partial charge in [-0.1, -0.05) is 23.5 Å². The van der Waals surface area contributed by atoms with Crippen molar-refractivity contribution in [2.24, 2.45) is 0 Å². The molecule has 0 aliphatic rings. The molecule has 2 aromatic heterocycles. The highest BCUT2D eigenvalue weighted by Gasteiger charge is 2.13. The highest BCUT2D eigenvalue weighted by Crippen LogP contribution is 2.27. The van der Waals surface area contributed by atoms with Gasteiger partial charge in [0.15, 0.2) is 22.3 Å². The highest BCUT2D eigenvalue weighted by molar-refractivity contribution is 7.16. The number of rotatable bonds is 8. The summed E-state index contributed by atoms with van der Waals surface area (Å²) >= 11 is 1.39. The number of para-hydroxylation sites is 2. The molecule has 0 radical (unpaired) electrons. The highest BCUT2D eigenvalue weighted by atomic mass is 32.1. The fourth-order valence-corrected chi connectivity index (χ4v) is 3.27. The summed E-state index contributed by atoms with van der Waals surface area (Å²) in [5.74, 6) is 2.14. The van der Waals surface area contributed by atoms with E-state index in [0.29, 0.717) is 34.6 Å². The first-order valence-corrected chi connectivity index (χ1v) is 9.47. The molecule has 9 heteroatoms. The van der Waals surface area contributed by atoms with Crippen LogP contribution in [0.3, 0.4) is 0 Å². The normalized spacial score (nSPS) is 10.9. The zero-order valence-corrected chi connectivity index (χ0v) is 15.9. The fourth-order valence-electron chi connectivity index (χ4n) is 2.51. The molecule has 0 aliphatic carbocycles. The van der Waals surface area contributed by atoms with Gasteiger partial charge in [-0.2, -0.15) is 9.61 Å². The minimum atomic E-state index is -0.313. The van der Waals surface area contributed by atoms with Crippen molar-refractivity contribution >= 4 is 16.3 Å². The molecule has 4 aromatic rings. The van der Waals surface area contributed by atoms with E-state index in [1.165, 1.54) is 23.5 Å². The van der Waals surface area contributed by atoms with Gasteiger partial charge in [-0.05, 0) is 43.3 Å². The van der Waals surface area contributed by atoms with Crippen LogP contribution < -0.4 is 14.2 Å². The molecule has 0 fully saturated rings. The van der Waals surface area contributed by atoms with Crippen LogP contribution in [0.25, 0.3) is 4.96 Å². The average molecular weight is 400 g/mol. The summed E-state index contributed by atoms with van der Waals surface area (Å²) in [7, 11) is 0. The lowest BCUT2D eigenvalue weighted by molar-refractivity contribution is 0.267. The Kier molecular flexibility index (Phi) is 5.34. The predicted octanol–water partition coefficient (Wildman–Crippen LogP) is 3.88. The van der Waals surface area contributed by atoms with E-state index in [1.807, 2.05) is 31.2 Å². The first kappa shape index (κ1) is 18.2. The molecular formula is C19H17FN4O3S. The van der Waals surface area contributed by atoms with Crippen molar-refractivity contribution < 1.29 is 18.6 Å². The van der Waals surface area contributed by atoms with Crippen LogP contribution in [-0.2, 0) is 13.2 Å². The van der Waals surface area contributed by atoms with Crippen LogP contribution in [0.2, 0.25) is 0 Å². The summed E-state index contributed by atoms with van der Waals surface area (Å²) in [6, 6.07) is 13.3. The van der Waals surface area contributed by atoms with Crippen molar-refractivity contribution in [1.29, 1.82) is 0 Å². The summed E-state index contributed by atoms with van der Waals surface area (Å²) in [4.78, 5) is 0.648. The maximum atomic E-state index is 13.0. The van der Waals surface area contributed by atoms with Crippen molar-refractivity contribution in [3.05, 3.63) is 65.2 Å². The smallest absolute Gasteiger partial charge is 0.234 e. The molecule has 0 bridgehead atoms. The quantitative estimate of drug-likeness (QED) is 0.447.